The minimum atomic E-state index is -1.12. The van der Waals surface area contributed by atoms with Gasteiger partial charge in [0.25, 0.3) is 0 Å². The predicted molar refractivity (Wildman–Crippen MR) is 118 cm³/mol. The van der Waals surface area contributed by atoms with Crippen molar-refractivity contribution in [3.05, 3.63) is 48.0 Å². The maximum Gasteiger partial charge on any atom is 0.120 e. The fourth-order valence-electron chi connectivity index (χ4n) is 3.77. The summed E-state index contributed by atoms with van der Waals surface area (Å²) in [7, 11) is 0.542. The van der Waals surface area contributed by atoms with E-state index in [0.29, 0.717) is 11.6 Å². The maximum atomic E-state index is 12.1. The molecule has 0 saturated heterocycles. The fraction of sp³-hybridized carbons (Fsp3) is 0.348. The Morgan fingerprint density at radius 1 is 1.21 bits per heavy atom. The van der Waals surface area contributed by atoms with Crippen molar-refractivity contribution in [1.29, 1.82) is 5.26 Å². The van der Waals surface area contributed by atoms with Gasteiger partial charge in [-0.25, -0.2) is 4.21 Å². The zero-order chi connectivity index (χ0) is 20.5. The van der Waals surface area contributed by atoms with Gasteiger partial charge in [0.15, 0.2) is 0 Å². The van der Waals surface area contributed by atoms with Crippen LogP contribution >= 0.6 is 0 Å². The normalized spacial score (nSPS) is 15.1. The van der Waals surface area contributed by atoms with Crippen molar-refractivity contribution in [1.82, 2.24) is 4.57 Å². The number of ether oxygens (including phenoxy) is 1. The van der Waals surface area contributed by atoms with Crippen LogP contribution in [0.5, 0.6) is 5.75 Å². The second-order valence-electron chi connectivity index (χ2n) is 7.70. The molecule has 0 bridgehead atoms. The van der Waals surface area contributed by atoms with Crippen LogP contribution in [-0.2, 0) is 11.0 Å². The molecule has 0 amide bonds. The van der Waals surface area contributed by atoms with E-state index in [9.17, 15) is 9.47 Å². The Labute approximate surface area is 173 Å². The molecule has 6 heteroatoms. The number of benzene rings is 2. The zero-order valence-corrected chi connectivity index (χ0v) is 17.8. The van der Waals surface area contributed by atoms with Crippen LogP contribution in [0.25, 0.3) is 22.2 Å². The molecule has 1 unspecified atom stereocenters. The highest BCUT2D eigenvalue weighted by molar-refractivity contribution is 7.86. The molecule has 29 heavy (non-hydrogen) atoms. The summed E-state index contributed by atoms with van der Waals surface area (Å²) in [6, 6.07) is 16.6. The summed E-state index contributed by atoms with van der Waals surface area (Å²) < 4.78 is 22.9. The third-order valence-electron chi connectivity index (χ3n) is 5.57. The van der Waals surface area contributed by atoms with E-state index in [1.807, 2.05) is 56.3 Å². The molecule has 1 aliphatic carbocycles. The molecule has 4 rings (SSSR count). The highest BCUT2D eigenvalue weighted by atomic mass is 32.2. The summed E-state index contributed by atoms with van der Waals surface area (Å²) >= 11 is 0. The van der Waals surface area contributed by atoms with E-state index in [2.05, 4.69) is 15.4 Å². The molecular weight excluding hydrogens is 382 g/mol. The topological polar surface area (TPSA) is 67.0 Å². The number of anilines is 1. The van der Waals surface area contributed by atoms with E-state index in [1.165, 1.54) is 6.42 Å². The first kappa shape index (κ1) is 19.5. The third-order valence-corrected chi connectivity index (χ3v) is 6.86. The Kier molecular flexibility index (Phi) is 5.33. The lowest BCUT2D eigenvalue weighted by atomic mass is 9.92. The van der Waals surface area contributed by atoms with Crippen LogP contribution in [0.4, 0.5) is 5.69 Å². The summed E-state index contributed by atoms with van der Waals surface area (Å²) in [5, 5.41) is 11.0. The summed E-state index contributed by atoms with van der Waals surface area (Å²) in [4.78, 5) is 0. The van der Waals surface area contributed by atoms with Crippen molar-refractivity contribution in [3.8, 4) is 23.1 Å². The first-order valence-electron chi connectivity index (χ1n) is 9.93. The second kappa shape index (κ2) is 7.92. The largest absolute Gasteiger partial charge is 0.497 e. The molecule has 150 valence electrons. The lowest BCUT2D eigenvalue weighted by molar-refractivity contribution is 0.324. The molecule has 0 radical (unpaired) electrons. The lowest BCUT2D eigenvalue weighted by Crippen LogP contribution is -2.18. The zero-order valence-electron chi connectivity index (χ0n) is 16.9. The van der Waals surface area contributed by atoms with E-state index in [0.717, 1.165) is 46.4 Å². The van der Waals surface area contributed by atoms with Gasteiger partial charge in [-0.15, -0.1) is 0 Å². The Morgan fingerprint density at radius 3 is 2.48 bits per heavy atom. The Balaban J connectivity index is 1.84. The number of aromatic nitrogens is 1. The summed E-state index contributed by atoms with van der Waals surface area (Å²) in [6.07, 6.45) is 3.44. The van der Waals surface area contributed by atoms with E-state index in [1.54, 1.807) is 7.11 Å². The Morgan fingerprint density at radius 2 is 1.93 bits per heavy atom. The number of hydrogen-bond donors (Lipinski definition) is 1. The molecule has 5 nitrogen and oxygen atoms in total. The Hall–Kier alpha value is -2.78. The molecule has 3 aromatic rings. The SMILES string of the molecule is COc1ccc2c(C#N)c(-c3ccc(NS(=O)C(C)C)cc3)n(C3CCC3)c2c1. The lowest BCUT2D eigenvalue weighted by Gasteiger charge is -2.30. The van der Waals surface area contributed by atoms with E-state index >= 15 is 0 Å². The van der Waals surface area contributed by atoms with Gasteiger partial charge < -0.3 is 14.0 Å². The fourth-order valence-corrected chi connectivity index (χ4v) is 4.37. The minimum absolute atomic E-state index is 0.0380. The number of hydrogen-bond acceptors (Lipinski definition) is 3. The van der Waals surface area contributed by atoms with Crippen LogP contribution in [0.2, 0.25) is 0 Å². The molecule has 1 saturated carbocycles. The number of fused-ring (bicyclic) bond motifs is 1. The van der Waals surface area contributed by atoms with Crippen LogP contribution < -0.4 is 9.46 Å². The van der Waals surface area contributed by atoms with Crippen molar-refractivity contribution in [2.24, 2.45) is 0 Å². The van der Waals surface area contributed by atoms with Crippen LogP contribution in [-0.4, -0.2) is 21.1 Å². The van der Waals surface area contributed by atoms with E-state index < -0.39 is 11.0 Å². The molecule has 1 N–H and O–H groups in total. The number of rotatable bonds is 6. The molecule has 2 aromatic carbocycles. The Bertz CT molecular complexity index is 1110. The highest BCUT2D eigenvalue weighted by Crippen LogP contribution is 2.43. The molecule has 1 aliphatic rings. The predicted octanol–water partition coefficient (Wildman–Crippen LogP) is 5.40. The summed E-state index contributed by atoms with van der Waals surface area (Å²) in [5.74, 6) is 0.794. The first-order chi connectivity index (χ1) is 14.0. The maximum absolute atomic E-state index is 12.1. The quantitative estimate of drug-likeness (QED) is 0.595. The molecule has 1 heterocycles. The van der Waals surface area contributed by atoms with Crippen molar-refractivity contribution in [2.75, 3.05) is 11.8 Å². The van der Waals surface area contributed by atoms with E-state index in [-0.39, 0.29) is 5.25 Å². The molecule has 0 aliphatic heterocycles. The molecule has 1 aromatic heterocycles. The monoisotopic (exact) mass is 407 g/mol. The molecular formula is C23H25N3O2S. The molecule has 1 fully saturated rings. The van der Waals surface area contributed by atoms with Gasteiger partial charge in [0.2, 0.25) is 0 Å². The second-order valence-corrected chi connectivity index (χ2v) is 9.44. The van der Waals surface area contributed by atoms with Gasteiger partial charge in [-0.05, 0) is 62.9 Å². The summed E-state index contributed by atoms with van der Waals surface area (Å²) in [6.45, 7) is 3.84. The van der Waals surface area contributed by atoms with Crippen molar-refractivity contribution >= 4 is 27.6 Å². The van der Waals surface area contributed by atoms with Crippen LogP contribution in [0.3, 0.4) is 0 Å². The first-order valence-corrected chi connectivity index (χ1v) is 11.1. The summed E-state index contributed by atoms with van der Waals surface area (Å²) in [5.41, 5.74) is 4.50. The molecule has 0 spiro atoms. The average molecular weight is 408 g/mol. The van der Waals surface area contributed by atoms with Gasteiger partial charge in [-0.2, -0.15) is 5.26 Å². The van der Waals surface area contributed by atoms with Crippen LogP contribution in [0.15, 0.2) is 42.5 Å². The van der Waals surface area contributed by atoms with Gasteiger partial charge in [0.1, 0.15) is 22.8 Å². The van der Waals surface area contributed by atoms with Crippen LogP contribution in [0.1, 0.15) is 44.7 Å². The number of methoxy groups -OCH3 is 1. The van der Waals surface area contributed by atoms with Gasteiger partial charge >= 0.3 is 0 Å². The average Bonchev–Trinajstić information content (AvgIpc) is 3.00. The van der Waals surface area contributed by atoms with Crippen molar-refractivity contribution in [2.45, 2.75) is 44.4 Å². The highest BCUT2D eigenvalue weighted by Gasteiger charge is 2.28. The van der Waals surface area contributed by atoms with Gasteiger partial charge in [-0.3, -0.25) is 0 Å². The number of nitriles is 1. The van der Waals surface area contributed by atoms with Gasteiger partial charge in [-0.1, -0.05) is 12.1 Å². The van der Waals surface area contributed by atoms with Gasteiger partial charge in [0.05, 0.1) is 23.9 Å². The van der Waals surface area contributed by atoms with Gasteiger partial charge in [0, 0.05) is 28.4 Å². The number of nitrogens with one attached hydrogen (secondary N) is 1. The van der Waals surface area contributed by atoms with E-state index in [4.69, 9.17) is 4.74 Å². The van der Waals surface area contributed by atoms with Crippen molar-refractivity contribution in [3.63, 3.8) is 0 Å². The van der Waals surface area contributed by atoms with Crippen molar-refractivity contribution < 1.29 is 8.95 Å². The minimum Gasteiger partial charge on any atom is -0.497 e. The standard InChI is InChI=1S/C23H25N3O2S/c1-15(2)29(27)25-17-9-7-16(8-10-17)23-21(14-24)20-12-11-19(28-3)13-22(20)26(23)18-5-4-6-18/h7-13,15,18,25H,4-6H2,1-3H3. The van der Waals surface area contributed by atoms with Crippen LogP contribution in [0, 0.1) is 11.3 Å². The number of nitrogens with zero attached hydrogens (tertiary/aromatic N) is 2. The molecule has 1 atom stereocenters. The smallest absolute Gasteiger partial charge is 0.120 e. The third kappa shape index (κ3) is 3.51.